The number of amides is 4. The van der Waals surface area contributed by atoms with Gasteiger partial charge in [0, 0.05) is 18.4 Å². The van der Waals surface area contributed by atoms with Crippen LogP contribution in [0, 0.1) is 0 Å². The zero-order chi connectivity index (χ0) is 18.0. The molecule has 5 rings (SSSR count). The number of nitrogens with zero attached hydrogens (tertiary/aromatic N) is 3. The van der Waals surface area contributed by atoms with Crippen molar-refractivity contribution < 1.29 is 14.4 Å². The molecular formula is C20H19N3O3. The Morgan fingerprint density at radius 3 is 2.69 bits per heavy atom. The van der Waals surface area contributed by atoms with E-state index in [1.165, 1.54) is 4.90 Å². The van der Waals surface area contributed by atoms with Gasteiger partial charge in [-0.2, -0.15) is 0 Å². The quantitative estimate of drug-likeness (QED) is 0.782. The van der Waals surface area contributed by atoms with Crippen molar-refractivity contribution in [3.8, 4) is 0 Å². The number of carbonyl (C=O) groups is 3. The van der Waals surface area contributed by atoms with E-state index < -0.39 is 6.04 Å². The van der Waals surface area contributed by atoms with Gasteiger partial charge in [0.1, 0.15) is 6.04 Å². The molecule has 6 nitrogen and oxygen atoms in total. The number of anilines is 1. The van der Waals surface area contributed by atoms with Gasteiger partial charge in [-0.1, -0.05) is 43.3 Å². The minimum Gasteiger partial charge on any atom is -0.335 e. The van der Waals surface area contributed by atoms with Crippen molar-refractivity contribution in [2.45, 2.75) is 37.9 Å². The van der Waals surface area contributed by atoms with Crippen LogP contribution in [-0.4, -0.2) is 52.3 Å². The minimum absolute atomic E-state index is 0.0565. The Hall–Kier alpha value is -2.89. The molecule has 3 saturated heterocycles. The zero-order valence-electron chi connectivity index (χ0n) is 14.5. The second-order valence-corrected chi connectivity index (χ2v) is 7.16. The summed E-state index contributed by atoms with van der Waals surface area (Å²) in [5.41, 5.74) is 0.625. The highest BCUT2D eigenvalue weighted by Gasteiger charge is 2.62. The van der Waals surface area contributed by atoms with Gasteiger partial charge in [-0.25, -0.2) is 9.69 Å². The first-order valence-corrected chi connectivity index (χ1v) is 9.05. The van der Waals surface area contributed by atoms with E-state index in [1.54, 1.807) is 9.80 Å². The third-order valence-electron chi connectivity index (χ3n) is 5.89. The average molecular weight is 349 g/mol. The molecule has 26 heavy (non-hydrogen) atoms. The molecule has 0 spiro atoms. The van der Waals surface area contributed by atoms with Gasteiger partial charge < -0.3 is 9.80 Å². The molecule has 2 bridgehead atoms. The fraction of sp³-hybridized carbons (Fsp3) is 0.350. The van der Waals surface area contributed by atoms with E-state index >= 15 is 0 Å². The molecular weight excluding hydrogens is 330 g/mol. The molecule has 3 atom stereocenters. The SMILES string of the molecule is CCC(=O)N1CC2CC1[C@H]1C(=O)N(c3cccc4ccccc34)C(=O)N21. The number of benzene rings is 2. The maximum atomic E-state index is 13.2. The van der Waals surface area contributed by atoms with Crippen LogP contribution >= 0.6 is 0 Å². The van der Waals surface area contributed by atoms with Crippen LogP contribution in [0.1, 0.15) is 19.8 Å². The number of urea groups is 1. The van der Waals surface area contributed by atoms with Crippen LogP contribution in [0.2, 0.25) is 0 Å². The maximum absolute atomic E-state index is 13.2. The fourth-order valence-electron chi connectivity index (χ4n) is 4.77. The monoisotopic (exact) mass is 349 g/mol. The minimum atomic E-state index is -0.546. The molecule has 132 valence electrons. The Bertz CT molecular complexity index is 951. The van der Waals surface area contributed by atoms with E-state index in [9.17, 15) is 14.4 Å². The van der Waals surface area contributed by atoms with Crippen molar-refractivity contribution >= 4 is 34.3 Å². The van der Waals surface area contributed by atoms with Gasteiger partial charge in [-0.15, -0.1) is 0 Å². The molecule has 3 aliphatic rings. The van der Waals surface area contributed by atoms with Gasteiger partial charge in [0.25, 0.3) is 5.91 Å². The van der Waals surface area contributed by atoms with E-state index in [1.807, 2.05) is 49.4 Å². The number of rotatable bonds is 2. The lowest BCUT2D eigenvalue weighted by atomic mass is 10.1. The van der Waals surface area contributed by atoms with Crippen molar-refractivity contribution in [3.63, 3.8) is 0 Å². The lowest BCUT2D eigenvalue weighted by Crippen LogP contribution is -2.54. The van der Waals surface area contributed by atoms with Crippen molar-refractivity contribution in [1.29, 1.82) is 0 Å². The van der Waals surface area contributed by atoms with Crippen LogP contribution in [0.4, 0.5) is 10.5 Å². The first kappa shape index (κ1) is 15.4. The van der Waals surface area contributed by atoms with Crippen LogP contribution in [0.15, 0.2) is 42.5 Å². The largest absolute Gasteiger partial charge is 0.335 e. The summed E-state index contributed by atoms with van der Waals surface area (Å²) in [4.78, 5) is 43.3. The third kappa shape index (κ3) is 1.84. The molecule has 2 unspecified atom stereocenters. The lowest BCUT2D eigenvalue weighted by molar-refractivity contribution is -0.135. The number of hydrogen-bond donors (Lipinski definition) is 0. The van der Waals surface area contributed by atoms with Gasteiger partial charge in [0.15, 0.2) is 0 Å². The fourth-order valence-corrected chi connectivity index (χ4v) is 4.77. The highest BCUT2D eigenvalue weighted by atomic mass is 16.2. The number of piperazine rings is 1. The smallest absolute Gasteiger partial charge is 0.332 e. The van der Waals surface area contributed by atoms with Crippen LogP contribution in [0.25, 0.3) is 10.8 Å². The molecule has 0 aromatic heterocycles. The summed E-state index contributed by atoms with van der Waals surface area (Å²) in [5, 5.41) is 1.87. The molecule has 0 saturated carbocycles. The lowest BCUT2D eigenvalue weighted by Gasteiger charge is -2.34. The summed E-state index contributed by atoms with van der Waals surface area (Å²) >= 11 is 0. The summed E-state index contributed by atoms with van der Waals surface area (Å²) in [7, 11) is 0. The maximum Gasteiger partial charge on any atom is 0.332 e. The van der Waals surface area contributed by atoms with Gasteiger partial charge in [0.05, 0.1) is 17.8 Å². The van der Waals surface area contributed by atoms with Crippen LogP contribution in [-0.2, 0) is 9.59 Å². The summed E-state index contributed by atoms with van der Waals surface area (Å²) in [6.07, 6.45) is 1.13. The molecule has 4 amide bonds. The Morgan fingerprint density at radius 2 is 1.88 bits per heavy atom. The second kappa shape index (κ2) is 5.30. The summed E-state index contributed by atoms with van der Waals surface area (Å²) in [6, 6.07) is 12.3. The Morgan fingerprint density at radius 1 is 1.12 bits per heavy atom. The number of hydrogen-bond acceptors (Lipinski definition) is 3. The first-order valence-electron chi connectivity index (χ1n) is 9.05. The zero-order valence-corrected chi connectivity index (χ0v) is 14.5. The molecule has 3 fully saturated rings. The molecule has 0 radical (unpaired) electrons. The van der Waals surface area contributed by atoms with E-state index in [4.69, 9.17) is 0 Å². The number of carbonyl (C=O) groups excluding carboxylic acids is 3. The predicted octanol–water partition coefficient (Wildman–Crippen LogP) is 2.37. The molecule has 3 aliphatic heterocycles. The van der Waals surface area contributed by atoms with Crippen LogP contribution in [0.3, 0.4) is 0 Å². The summed E-state index contributed by atoms with van der Waals surface area (Å²) in [6.45, 7) is 2.37. The topological polar surface area (TPSA) is 60.9 Å². The average Bonchev–Trinajstić information content (AvgIpc) is 3.32. The normalized spacial score (nSPS) is 27.0. The number of likely N-dealkylation sites (tertiary alicyclic amines) is 1. The second-order valence-electron chi connectivity index (χ2n) is 7.16. The Labute approximate surface area is 151 Å². The summed E-state index contributed by atoms with van der Waals surface area (Å²) in [5.74, 6) is -0.159. The van der Waals surface area contributed by atoms with E-state index in [0.29, 0.717) is 25.1 Å². The van der Waals surface area contributed by atoms with E-state index in [-0.39, 0.29) is 29.9 Å². The van der Waals surface area contributed by atoms with Gasteiger partial charge >= 0.3 is 6.03 Å². The summed E-state index contributed by atoms with van der Waals surface area (Å²) < 4.78 is 0. The Balaban J connectivity index is 1.57. The number of fused-ring (bicyclic) bond motifs is 6. The molecule has 0 N–H and O–H groups in total. The first-order chi connectivity index (χ1) is 12.6. The van der Waals surface area contributed by atoms with Crippen molar-refractivity contribution in [1.82, 2.24) is 9.80 Å². The van der Waals surface area contributed by atoms with Gasteiger partial charge in [-0.3, -0.25) is 9.59 Å². The molecule has 2 aromatic rings. The molecule has 2 aromatic carbocycles. The van der Waals surface area contributed by atoms with E-state index in [0.717, 1.165) is 10.8 Å². The van der Waals surface area contributed by atoms with Gasteiger partial charge in [0.2, 0.25) is 5.91 Å². The van der Waals surface area contributed by atoms with Gasteiger partial charge in [-0.05, 0) is 17.9 Å². The van der Waals surface area contributed by atoms with Crippen molar-refractivity contribution in [2.75, 3.05) is 11.4 Å². The standard InChI is InChI=1S/C20H19N3O3/c1-2-17(24)21-11-13-10-16(21)18-19(25)23(20(26)22(13)18)15-9-5-7-12-6-3-4-8-14(12)15/h3-9,13,16,18H,2,10-11H2,1H3/t13?,16?,18-/m0/s1. The highest BCUT2D eigenvalue weighted by Crippen LogP contribution is 2.43. The highest BCUT2D eigenvalue weighted by molar-refractivity contribution is 6.25. The molecule has 6 heteroatoms. The molecule has 3 heterocycles. The van der Waals surface area contributed by atoms with E-state index in [2.05, 4.69) is 0 Å². The predicted molar refractivity (Wildman–Crippen MR) is 96.7 cm³/mol. The number of imide groups is 1. The third-order valence-corrected chi connectivity index (χ3v) is 5.89. The van der Waals surface area contributed by atoms with Crippen LogP contribution < -0.4 is 4.90 Å². The van der Waals surface area contributed by atoms with Crippen molar-refractivity contribution in [2.24, 2.45) is 0 Å². The van der Waals surface area contributed by atoms with Crippen molar-refractivity contribution in [3.05, 3.63) is 42.5 Å². The van der Waals surface area contributed by atoms with Crippen LogP contribution in [0.5, 0.6) is 0 Å². The molecule has 0 aliphatic carbocycles. The Kier molecular flexibility index (Phi) is 3.13.